The Morgan fingerprint density at radius 2 is 2.21 bits per heavy atom. The second kappa shape index (κ2) is 6.01. The van der Waals surface area contributed by atoms with E-state index < -0.39 is 11.4 Å². The molecule has 0 unspecified atom stereocenters. The smallest absolute Gasteiger partial charge is 0.310 e. The van der Waals surface area contributed by atoms with Crippen molar-refractivity contribution >= 4 is 21.9 Å². The standard InChI is InChI=1S/C14H17BrFNO2/c15-11-2-3-12(16)10(8-11)4-7-17-9-14(13(18)19)5-1-6-14/h2-3,8,17H,1,4-7,9H2,(H,18,19). The molecule has 0 atom stereocenters. The van der Waals surface area contributed by atoms with Crippen LogP contribution < -0.4 is 5.32 Å². The summed E-state index contributed by atoms with van der Waals surface area (Å²) in [6.45, 7) is 1.06. The summed E-state index contributed by atoms with van der Waals surface area (Å²) in [4.78, 5) is 11.2. The van der Waals surface area contributed by atoms with Crippen molar-refractivity contribution in [3.63, 3.8) is 0 Å². The van der Waals surface area contributed by atoms with E-state index in [2.05, 4.69) is 21.2 Å². The summed E-state index contributed by atoms with van der Waals surface area (Å²) in [5.74, 6) is -0.943. The number of carboxylic acids is 1. The molecule has 1 aromatic rings. The van der Waals surface area contributed by atoms with Crippen LogP contribution >= 0.6 is 15.9 Å². The molecular formula is C14H17BrFNO2. The Morgan fingerprint density at radius 1 is 1.47 bits per heavy atom. The molecule has 5 heteroatoms. The lowest BCUT2D eigenvalue weighted by Gasteiger charge is -2.37. The van der Waals surface area contributed by atoms with Crippen molar-refractivity contribution in [2.75, 3.05) is 13.1 Å². The molecule has 0 saturated heterocycles. The predicted molar refractivity (Wildman–Crippen MR) is 74.6 cm³/mol. The van der Waals surface area contributed by atoms with Crippen molar-refractivity contribution in [1.82, 2.24) is 5.32 Å². The Bertz CT molecular complexity index is 475. The molecule has 104 valence electrons. The van der Waals surface area contributed by atoms with E-state index in [-0.39, 0.29) is 5.82 Å². The van der Waals surface area contributed by atoms with E-state index in [1.165, 1.54) is 6.07 Å². The van der Waals surface area contributed by atoms with Crippen LogP contribution in [0.4, 0.5) is 4.39 Å². The fourth-order valence-electron chi connectivity index (χ4n) is 2.36. The van der Waals surface area contributed by atoms with Gasteiger partial charge in [0, 0.05) is 11.0 Å². The predicted octanol–water partition coefficient (Wildman–Crippen LogP) is 2.98. The van der Waals surface area contributed by atoms with Crippen molar-refractivity contribution < 1.29 is 14.3 Å². The summed E-state index contributed by atoms with van der Waals surface area (Å²) in [5.41, 5.74) is 0.0513. The normalized spacial score (nSPS) is 16.9. The largest absolute Gasteiger partial charge is 0.481 e. The van der Waals surface area contributed by atoms with E-state index in [1.807, 2.05) is 0 Å². The van der Waals surface area contributed by atoms with Crippen LogP contribution in [0.15, 0.2) is 22.7 Å². The van der Waals surface area contributed by atoms with E-state index in [4.69, 9.17) is 0 Å². The van der Waals surface area contributed by atoms with Gasteiger partial charge in [0.1, 0.15) is 5.82 Å². The Morgan fingerprint density at radius 3 is 2.79 bits per heavy atom. The van der Waals surface area contributed by atoms with E-state index in [9.17, 15) is 14.3 Å². The lowest BCUT2D eigenvalue weighted by molar-refractivity contribution is -0.154. The van der Waals surface area contributed by atoms with Gasteiger partial charge in [0.25, 0.3) is 0 Å². The molecule has 0 spiro atoms. The number of nitrogens with one attached hydrogen (secondary N) is 1. The number of carbonyl (C=O) groups is 1. The van der Waals surface area contributed by atoms with Gasteiger partial charge in [-0.15, -0.1) is 0 Å². The second-order valence-corrected chi connectivity index (χ2v) is 6.02. The number of halogens is 2. The average molecular weight is 330 g/mol. The van der Waals surface area contributed by atoms with Gasteiger partial charge in [0.2, 0.25) is 0 Å². The lowest BCUT2D eigenvalue weighted by Crippen LogP contribution is -2.46. The van der Waals surface area contributed by atoms with Gasteiger partial charge in [0.15, 0.2) is 0 Å². The third-order valence-corrected chi connectivity index (χ3v) is 4.30. The summed E-state index contributed by atoms with van der Waals surface area (Å²) in [6, 6.07) is 4.86. The second-order valence-electron chi connectivity index (χ2n) is 5.10. The molecule has 0 aliphatic heterocycles. The van der Waals surface area contributed by atoms with Crippen molar-refractivity contribution in [3.8, 4) is 0 Å². The first kappa shape index (κ1) is 14.5. The van der Waals surface area contributed by atoms with Gasteiger partial charge in [-0.1, -0.05) is 22.4 Å². The van der Waals surface area contributed by atoms with Crippen LogP contribution in [0.5, 0.6) is 0 Å². The molecule has 1 fully saturated rings. The van der Waals surface area contributed by atoms with Crippen LogP contribution in [0, 0.1) is 11.2 Å². The SMILES string of the molecule is O=C(O)C1(CNCCc2cc(Br)ccc2F)CCC1. The molecule has 2 rings (SSSR count). The maximum Gasteiger partial charge on any atom is 0.310 e. The summed E-state index contributed by atoms with van der Waals surface area (Å²) in [6.07, 6.45) is 3.01. The number of hydrogen-bond donors (Lipinski definition) is 2. The van der Waals surface area contributed by atoms with Crippen molar-refractivity contribution in [1.29, 1.82) is 0 Å². The summed E-state index contributed by atoms with van der Waals surface area (Å²) in [5, 5.41) is 12.3. The highest BCUT2D eigenvalue weighted by Gasteiger charge is 2.43. The van der Waals surface area contributed by atoms with Gasteiger partial charge < -0.3 is 10.4 Å². The third kappa shape index (κ3) is 3.34. The number of carboxylic acid groups (broad SMARTS) is 1. The van der Waals surface area contributed by atoms with Crippen LogP contribution in [0.1, 0.15) is 24.8 Å². The summed E-state index contributed by atoms with van der Waals surface area (Å²) in [7, 11) is 0. The minimum absolute atomic E-state index is 0.221. The van der Waals surface area contributed by atoms with E-state index >= 15 is 0 Å². The molecule has 0 radical (unpaired) electrons. The van der Waals surface area contributed by atoms with E-state index in [1.54, 1.807) is 12.1 Å². The molecule has 0 aromatic heterocycles. The average Bonchev–Trinajstić information content (AvgIpc) is 2.30. The van der Waals surface area contributed by atoms with E-state index in [0.29, 0.717) is 25.1 Å². The highest BCUT2D eigenvalue weighted by Crippen LogP contribution is 2.40. The summed E-state index contributed by atoms with van der Waals surface area (Å²) < 4.78 is 14.3. The number of rotatable bonds is 6. The van der Waals surface area contributed by atoms with Gasteiger partial charge in [0.05, 0.1) is 5.41 Å². The highest BCUT2D eigenvalue weighted by molar-refractivity contribution is 9.10. The van der Waals surface area contributed by atoms with Crippen LogP contribution in [-0.4, -0.2) is 24.2 Å². The fourth-order valence-corrected chi connectivity index (χ4v) is 2.76. The van der Waals surface area contributed by atoms with Crippen LogP contribution in [0.25, 0.3) is 0 Å². The van der Waals surface area contributed by atoms with Gasteiger partial charge in [-0.05, 0) is 49.6 Å². The molecule has 2 N–H and O–H groups in total. The number of hydrogen-bond acceptors (Lipinski definition) is 2. The van der Waals surface area contributed by atoms with Gasteiger partial charge >= 0.3 is 5.97 Å². The molecule has 3 nitrogen and oxygen atoms in total. The third-order valence-electron chi connectivity index (χ3n) is 3.81. The summed E-state index contributed by atoms with van der Waals surface area (Å²) >= 11 is 3.31. The number of aliphatic carboxylic acids is 1. The molecule has 0 heterocycles. The zero-order valence-corrected chi connectivity index (χ0v) is 12.2. The molecule has 1 aliphatic rings. The molecule has 0 amide bonds. The zero-order chi connectivity index (χ0) is 13.9. The Kier molecular flexibility index (Phi) is 4.58. The zero-order valence-electron chi connectivity index (χ0n) is 10.6. The van der Waals surface area contributed by atoms with Crippen molar-refractivity contribution in [3.05, 3.63) is 34.1 Å². The number of benzene rings is 1. The topological polar surface area (TPSA) is 49.3 Å². The quantitative estimate of drug-likeness (QED) is 0.789. The lowest BCUT2D eigenvalue weighted by atomic mass is 9.69. The first-order valence-electron chi connectivity index (χ1n) is 6.42. The molecule has 1 aromatic carbocycles. The van der Waals surface area contributed by atoms with Crippen LogP contribution in [0.3, 0.4) is 0 Å². The Balaban J connectivity index is 1.81. The maximum atomic E-state index is 13.5. The Hall–Kier alpha value is -0.940. The molecule has 19 heavy (non-hydrogen) atoms. The molecular weight excluding hydrogens is 313 g/mol. The van der Waals surface area contributed by atoms with Crippen molar-refractivity contribution in [2.24, 2.45) is 5.41 Å². The van der Waals surface area contributed by atoms with Gasteiger partial charge in [-0.2, -0.15) is 0 Å². The maximum absolute atomic E-state index is 13.5. The van der Waals surface area contributed by atoms with Crippen LogP contribution in [0.2, 0.25) is 0 Å². The molecule has 1 saturated carbocycles. The minimum Gasteiger partial charge on any atom is -0.481 e. The highest BCUT2D eigenvalue weighted by atomic mass is 79.9. The first-order chi connectivity index (χ1) is 9.03. The minimum atomic E-state index is -0.722. The first-order valence-corrected chi connectivity index (χ1v) is 7.21. The Labute approximate surface area is 120 Å². The van der Waals surface area contributed by atoms with Gasteiger partial charge in [-0.3, -0.25) is 4.79 Å². The van der Waals surface area contributed by atoms with Crippen molar-refractivity contribution in [2.45, 2.75) is 25.7 Å². The molecule has 0 bridgehead atoms. The molecule has 1 aliphatic carbocycles. The fraction of sp³-hybridized carbons (Fsp3) is 0.500. The van der Waals surface area contributed by atoms with E-state index in [0.717, 1.165) is 23.7 Å². The van der Waals surface area contributed by atoms with Crippen LogP contribution in [-0.2, 0) is 11.2 Å². The monoisotopic (exact) mass is 329 g/mol. The van der Waals surface area contributed by atoms with Gasteiger partial charge in [-0.25, -0.2) is 4.39 Å².